The number of ether oxygens (including phenoxy) is 3. The monoisotopic (exact) mass is 371 g/mol. The molecule has 150 valence electrons. The van der Waals surface area contributed by atoms with Crippen LogP contribution >= 0.6 is 0 Å². The molecule has 0 saturated carbocycles. The number of likely N-dealkylation sites (tertiary alicyclic amines) is 1. The Morgan fingerprint density at radius 1 is 1.38 bits per heavy atom. The fraction of sp³-hybridized carbons (Fsp3) is 0.842. The summed E-state index contributed by atoms with van der Waals surface area (Å²) < 4.78 is 16.9. The standard InChI is InChI=1S/C19H33NO6/c1-6-11(2)18(23)26-17-15(21)13(4)25-19(16(17)22)24-12(3)10-14-8-7-9-20(14)5/h6,12-17,19,21-22H,7-10H2,1-5H3/b11-6-/t12?,13-,14?,15+,16-,17+,19+/m1/s1. The van der Waals surface area contributed by atoms with Crippen LogP contribution < -0.4 is 0 Å². The van der Waals surface area contributed by atoms with E-state index in [1.807, 2.05) is 6.92 Å². The molecule has 2 aliphatic rings. The normalized spacial score (nSPS) is 37.6. The average Bonchev–Trinajstić information content (AvgIpc) is 3.00. The summed E-state index contributed by atoms with van der Waals surface area (Å²) in [5, 5.41) is 20.8. The maximum absolute atomic E-state index is 12.0. The third-order valence-corrected chi connectivity index (χ3v) is 5.42. The van der Waals surface area contributed by atoms with E-state index in [0.717, 1.165) is 19.4 Å². The minimum Gasteiger partial charge on any atom is -0.453 e. The summed E-state index contributed by atoms with van der Waals surface area (Å²) in [5.74, 6) is -0.566. The second kappa shape index (κ2) is 9.28. The summed E-state index contributed by atoms with van der Waals surface area (Å²) in [7, 11) is 2.10. The highest BCUT2D eigenvalue weighted by Gasteiger charge is 2.46. The van der Waals surface area contributed by atoms with E-state index in [-0.39, 0.29) is 6.10 Å². The van der Waals surface area contributed by atoms with E-state index in [9.17, 15) is 15.0 Å². The minimum absolute atomic E-state index is 0.128. The lowest BCUT2D eigenvalue weighted by Crippen LogP contribution is -2.59. The number of hydrogen-bond acceptors (Lipinski definition) is 7. The Balaban J connectivity index is 1.98. The van der Waals surface area contributed by atoms with Crippen LogP contribution in [0.4, 0.5) is 0 Å². The van der Waals surface area contributed by atoms with Crippen LogP contribution in [-0.4, -0.2) is 77.5 Å². The third kappa shape index (κ3) is 5.04. The summed E-state index contributed by atoms with van der Waals surface area (Å²) in [6.45, 7) is 8.06. The summed E-state index contributed by atoms with van der Waals surface area (Å²) in [6.07, 6.45) is -0.373. The zero-order chi connectivity index (χ0) is 19.4. The molecule has 0 aromatic heterocycles. The maximum atomic E-state index is 12.0. The summed E-state index contributed by atoms with van der Waals surface area (Å²) in [5.41, 5.74) is 0.415. The van der Waals surface area contributed by atoms with Crippen LogP contribution in [0.15, 0.2) is 11.6 Å². The first-order valence-electron chi connectivity index (χ1n) is 9.45. The number of aliphatic hydroxyl groups is 2. The molecule has 0 aromatic rings. The molecule has 2 aliphatic heterocycles. The van der Waals surface area contributed by atoms with Gasteiger partial charge in [0, 0.05) is 11.6 Å². The van der Waals surface area contributed by atoms with Gasteiger partial charge in [0.2, 0.25) is 0 Å². The van der Waals surface area contributed by atoms with E-state index in [1.165, 1.54) is 6.42 Å². The first-order chi connectivity index (χ1) is 12.2. The van der Waals surface area contributed by atoms with Crippen molar-refractivity contribution in [3.8, 4) is 0 Å². The van der Waals surface area contributed by atoms with Crippen LogP contribution in [0, 0.1) is 0 Å². The quantitative estimate of drug-likeness (QED) is 0.536. The molecule has 7 atom stereocenters. The molecule has 2 rings (SSSR count). The molecule has 0 amide bonds. The van der Waals surface area contributed by atoms with Crippen LogP contribution in [0.25, 0.3) is 0 Å². The molecule has 26 heavy (non-hydrogen) atoms. The first-order valence-corrected chi connectivity index (χ1v) is 9.45. The first kappa shape index (κ1) is 21.3. The Morgan fingerprint density at radius 3 is 2.65 bits per heavy atom. The van der Waals surface area contributed by atoms with Crippen molar-refractivity contribution in [2.24, 2.45) is 0 Å². The Labute approximate surface area is 155 Å². The molecule has 7 heteroatoms. The van der Waals surface area contributed by atoms with Crippen LogP contribution in [-0.2, 0) is 19.0 Å². The molecule has 7 nitrogen and oxygen atoms in total. The van der Waals surface area contributed by atoms with Crippen molar-refractivity contribution < 1.29 is 29.2 Å². The number of esters is 1. The third-order valence-electron chi connectivity index (χ3n) is 5.42. The number of allylic oxidation sites excluding steroid dienone is 1. The predicted molar refractivity (Wildman–Crippen MR) is 96.5 cm³/mol. The van der Waals surface area contributed by atoms with Crippen molar-refractivity contribution in [2.45, 2.75) is 89.8 Å². The van der Waals surface area contributed by atoms with Crippen molar-refractivity contribution >= 4 is 5.97 Å². The van der Waals surface area contributed by atoms with Crippen molar-refractivity contribution in [3.63, 3.8) is 0 Å². The summed E-state index contributed by atoms with van der Waals surface area (Å²) in [6, 6.07) is 0.458. The van der Waals surface area contributed by atoms with Gasteiger partial charge in [0.05, 0.1) is 12.2 Å². The molecule has 2 saturated heterocycles. The molecule has 0 bridgehead atoms. The van der Waals surface area contributed by atoms with Gasteiger partial charge < -0.3 is 29.3 Å². The lowest BCUT2D eigenvalue weighted by Gasteiger charge is -2.41. The molecule has 0 radical (unpaired) electrons. The molecule has 0 aliphatic carbocycles. The molecule has 0 spiro atoms. The number of rotatable bonds is 6. The largest absolute Gasteiger partial charge is 0.453 e. The van der Waals surface area contributed by atoms with E-state index in [0.29, 0.717) is 11.6 Å². The maximum Gasteiger partial charge on any atom is 0.333 e. The van der Waals surface area contributed by atoms with Crippen molar-refractivity contribution in [2.75, 3.05) is 13.6 Å². The highest BCUT2D eigenvalue weighted by Crippen LogP contribution is 2.27. The Bertz CT molecular complexity index is 510. The smallest absolute Gasteiger partial charge is 0.333 e. The van der Waals surface area contributed by atoms with Crippen LogP contribution in [0.3, 0.4) is 0 Å². The Morgan fingerprint density at radius 2 is 2.08 bits per heavy atom. The van der Waals surface area contributed by atoms with E-state index in [2.05, 4.69) is 11.9 Å². The van der Waals surface area contributed by atoms with Crippen LogP contribution in [0.1, 0.15) is 47.0 Å². The van der Waals surface area contributed by atoms with Gasteiger partial charge in [0.1, 0.15) is 12.2 Å². The van der Waals surface area contributed by atoms with Gasteiger partial charge in [-0.05, 0) is 60.5 Å². The second-order valence-corrected chi connectivity index (χ2v) is 7.49. The highest BCUT2D eigenvalue weighted by atomic mass is 16.7. The lowest BCUT2D eigenvalue weighted by molar-refractivity contribution is -0.305. The lowest BCUT2D eigenvalue weighted by atomic mass is 9.99. The zero-order valence-electron chi connectivity index (χ0n) is 16.4. The number of carbonyl (C=O) groups excluding carboxylic acids is 1. The zero-order valence-corrected chi connectivity index (χ0v) is 16.4. The van der Waals surface area contributed by atoms with E-state index < -0.39 is 36.7 Å². The van der Waals surface area contributed by atoms with Gasteiger partial charge in [-0.1, -0.05) is 6.08 Å². The number of nitrogens with zero attached hydrogens (tertiary/aromatic N) is 1. The molecule has 2 heterocycles. The molecule has 0 aromatic carbocycles. The number of hydrogen-bond donors (Lipinski definition) is 2. The summed E-state index contributed by atoms with van der Waals surface area (Å²) >= 11 is 0. The van der Waals surface area contributed by atoms with Gasteiger partial charge in [-0.3, -0.25) is 0 Å². The fourth-order valence-electron chi connectivity index (χ4n) is 3.53. The van der Waals surface area contributed by atoms with Crippen molar-refractivity contribution in [1.82, 2.24) is 4.90 Å². The van der Waals surface area contributed by atoms with Crippen molar-refractivity contribution in [1.29, 1.82) is 0 Å². The Kier molecular flexibility index (Phi) is 7.61. The minimum atomic E-state index is -1.25. The number of carbonyl (C=O) groups is 1. The van der Waals surface area contributed by atoms with Gasteiger partial charge >= 0.3 is 5.97 Å². The van der Waals surface area contributed by atoms with Gasteiger partial charge in [0.15, 0.2) is 12.4 Å². The van der Waals surface area contributed by atoms with Crippen molar-refractivity contribution in [3.05, 3.63) is 11.6 Å². The molecular formula is C19H33NO6. The molecule has 2 unspecified atom stereocenters. The SMILES string of the molecule is C/C=C(/C)C(=O)O[C@H]1[C@@H](O)[C@@H](C)O[C@H](OC(C)CC2CCCN2C)[C@@H]1O. The van der Waals surface area contributed by atoms with E-state index >= 15 is 0 Å². The van der Waals surface area contributed by atoms with Gasteiger partial charge in [-0.25, -0.2) is 4.79 Å². The van der Waals surface area contributed by atoms with Gasteiger partial charge in [-0.15, -0.1) is 0 Å². The van der Waals surface area contributed by atoms with E-state index in [4.69, 9.17) is 14.2 Å². The fourth-order valence-corrected chi connectivity index (χ4v) is 3.53. The van der Waals surface area contributed by atoms with Crippen LogP contribution in [0.5, 0.6) is 0 Å². The highest BCUT2D eigenvalue weighted by molar-refractivity contribution is 5.87. The topological polar surface area (TPSA) is 88.5 Å². The number of aliphatic hydroxyl groups excluding tert-OH is 2. The Hall–Kier alpha value is -0.990. The molecule has 2 N–H and O–H groups in total. The average molecular weight is 371 g/mol. The summed E-state index contributed by atoms with van der Waals surface area (Å²) in [4.78, 5) is 14.3. The molecule has 2 fully saturated rings. The predicted octanol–water partition coefficient (Wildman–Crippen LogP) is 1.22. The second-order valence-electron chi connectivity index (χ2n) is 7.49. The van der Waals surface area contributed by atoms with E-state index in [1.54, 1.807) is 26.8 Å². The molecular weight excluding hydrogens is 338 g/mol. The van der Waals surface area contributed by atoms with Crippen LogP contribution in [0.2, 0.25) is 0 Å². The van der Waals surface area contributed by atoms with Gasteiger partial charge in [0.25, 0.3) is 0 Å². The van der Waals surface area contributed by atoms with Gasteiger partial charge in [-0.2, -0.15) is 0 Å².